The first kappa shape index (κ1) is 11.4. The van der Waals surface area contributed by atoms with Crippen LogP contribution in [0.4, 0.5) is 10.1 Å². The van der Waals surface area contributed by atoms with Crippen LogP contribution in [0.3, 0.4) is 0 Å². The van der Waals surface area contributed by atoms with E-state index in [0.29, 0.717) is 17.6 Å². The Labute approximate surface area is 101 Å². The van der Waals surface area contributed by atoms with Crippen molar-refractivity contribution in [2.45, 2.75) is 6.54 Å². The molecule has 0 aromatic carbocycles. The molecule has 0 atom stereocenters. The Bertz CT molecular complexity index is 432. The Morgan fingerprint density at radius 3 is 3.00 bits per heavy atom. The second-order valence-corrected chi connectivity index (χ2v) is 4.87. The fourth-order valence-corrected chi connectivity index (χ4v) is 2.38. The number of alkyl halides is 1. The second kappa shape index (κ2) is 5.32. The number of hydrogen-bond acceptors (Lipinski definition) is 4. The average molecular weight is 261 g/mol. The normalized spacial score (nSPS) is 10.6. The molecule has 0 aliphatic rings. The number of anilines is 1. The van der Waals surface area contributed by atoms with Crippen molar-refractivity contribution in [3.05, 3.63) is 34.1 Å². The summed E-state index contributed by atoms with van der Waals surface area (Å²) < 4.78 is 17.9. The third-order valence-corrected chi connectivity index (χ3v) is 3.20. The molecule has 0 saturated carbocycles. The van der Waals surface area contributed by atoms with Gasteiger partial charge in [0.15, 0.2) is 4.47 Å². The average Bonchev–Trinajstić information content (AvgIpc) is 2.88. The van der Waals surface area contributed by atoms with Gasteiger partial charge < -0.3 is 9.32 Å². The van der Waals surface area contributed by atoms with E-state index in [1.807, 2.05) is 4.90 Å². The summed E-state index contributed by atoms with van der Waals surface area (Å²) in [6.45, 7) is 0.514. The quantitative estimate of drug-likeness (QED) is 0.825. The Kier molecular flexibility index (Phi) is 3.79. The standard InChI is InChI=1S/C10H10ClFN2OS/c11-10-13-5-9(16-10)6-14(3-2-12)8-1-4-15-7-8/h1,4-5,7H,2-3,6H2. The van der Waals surface area contributed by atoms with Crippen LogP contribution in [0.2, 0.25) is 4.47 Å². The molecule has 0 saturated heterocycles. The van der Waals surface area contributed by atoms with Gasteiger partial charge >= 0.3 is 0 Å². The summed E-state index contributed by atoms with van der Waals surface area (Å²) in [7, 11) is 0. The van der Waals surface area contributed by atoms with Gasteiger partial charge in [-0.05, 0) is 6.07 Å². The molecule has 2 rings (SSSR count). The molecule has 3 nitrogen and oxygen atoms in total. The zero-order valence-electron chi connectivity index (χ0n) is 8.40. The Balaban J connectivity index is 2.09. The summed E-state index contributed by atoms with van der Waals surface area (Å²) in [6.07, 6.45) is 4.87. The number of hydrogen-bond donors (Lipinski definition) is 0. The molecule has 0 amide bonds. The molecule has 16 heavy (non-hydrogen) atoms. The molecule has 0 fully saturated rings. The van der Waals surface area contributed by atoms with Gasteiger partial charge in [-0.15, -0.1) is 11.3 Å². The zero-order chi connectivity index (χ0) is 11.4. The van der Waals surface area contributed by atoms with Gasteiger partial charge in [0.2, 0.25) is 0 Å². The Morgan fingerprint density at radius 2 is 2.44 bits per heavy atom. The van der Waals surface area contributed by atoms with Crippen LogP contribution in [0, 0.1) is 0 Å². The first-order valence-corrected chi connectivity index (χ1v) is 5.92. The smallest absolute Gasteiger partial charge is 0.183 e. The van der Waals surface area contributed by atoms with Gasteiger partial charge in [-0.1, -0.05) is 11.6 Å². The minimum atomic E-state index is -0.405. The summed E-state index contributed by atoms with van der Waals surface area (Å²) >= 11 is 7.14. The monoisotopic (exact) mass is 260 g/mol. The Hall–Kier alpha value is -1.07. The molecular weight excluding hydrogens is 251 g/mol. The topological polar surface area (TPSA) is 29.3 Å². The van der Waals surface area contributed by atoms with Crippen LogP contribution in [0.1, 0.15) is 4.88 Å². The van der Waals surface area contributed by atoms with Crippen molar-refractivity contribution in [3.63, 3.8) is 0 Å². The van der Waals surface area contributed by atoms with E-state index >= 15 is 0 Å². The van der Waals surface area contributed by atoms with Crippen LogP contribution in [0.25, 0.3) is 0 Å². The number of furan rings is 1. The van der Waals surface area contributed by atoms with Crippen molar-refractivity contribution in [1.29, 1.82) is 0 Å². The third kappa shape index (κ3) is 2.74. The highest BCUT2D eigenvalue weighted by molar-refractivity contribution is 7.15. The van der Waals surface area contributed by atoms with Crippen LogP contribution < -0.4 is 4.90 Å². The van der Waals surface area contributed by atoms with Crippen molar-refractivity contribution < 1.29 is 8.81 Å². The first-order valence-electron chi connectivity index (χ1n) is 4.73. The molecule has 0 aliphatic carbocycles. The van der Waals surface area contributed by atoms with Gasteiger partial charge in [-0.3, -0.25) is 0 Å². The molecule has 2 heterocycles. The van der Waals surface area contributed by atoms with Gasteiger partial charge in [-0.25, -0.2) is 9.37 Å². The molecule has 86 valence electrons. The van der Waals surface area contributed by atoms with E-state index in [-0.39, 0.29) is 0 Å². The van der Waals surface area contributed by atoms with Crippen molar-refractivity contribution in [2.75, 3.05) is 18.1 Å². The van der Waals surface area contributed by atoms with E-state index in [1.165, 1.54) is 11.3 Å². The highest BCUT2D eigenvalue weighted by Gasteiger charge is 2.10. The van der Waals surface area contributed by atoms with Crippen molar-refractivity contribution in [2.24, 2.45) is 0 Å². The van der Waals surface area contributed by atoms with Gasteiger partial charge in [0.25, 0.3) is 0 Å². The largest absolute Gasteiger partial charge is 0.470 e. The Morgan fingerprint density at radius 1 is 1.56 bits per heavy atom. The maximum absolute atomic E-state index is 12.4. The molecular formula is C10H10ClFN2OS. The van der Waals surface area contributed by atoms with Crippen molar-refractivity contribution in [3.8, 4) is 0 Å². The number of rotatable bonds is 5. The predicted octanol–water partition coefficient (Wildman–Crippen LogP) is 3.37. The molecule has 0 radical (unpaired) electrons. The summed E-state index contributed by atoms with van der Waals surface area (Å²) in [5.41, 5.74) is 0.863. The lowest BCUT2D eigenvalue weighted by atomic mass is 10.4. The van der Waals surface area contributed by atoms with Crippen LogP contribution in [-0.4, -0.2) is 18.2 Å². The van der Waals surface area contributed by atoms with E-state index in [4.69, 9.17) is 16.0 Å². The van der Waals surface area contributed by atoms with Crippen molar-refractivity contribution in [1.82, 2.24) is 4.98 Å². The molecule has 0 aliphatic heterocycles. The van der Waals surface area contributed by atoms with Crippen LogP contribution in [0.15, 0.2) is 29.2 Å². The highest BCUT2D eigenvalue weighted by atomic mass is 35.5. The fourth-order valence-electron chi connectivity index (χ4n) is 1.38. The predicted molar refractivity (Wildman–Crippen MR) is 62.9 cm³/mol. The number of aromatic nitrogens is 1. The number of thiazole rings is 1. The van der Waals surface area contributed by atoms with E-state index in [0.717, 1.165) is 10.6 Å². The summed E-state index contributed by atoms with van der Waals surface area (Å²) in [5.74, 6) is 0. The lowest BCUT2D eigenvalue weighted by Gasteiger charge is -2.20. The molecule has 6 heteroatoms. The minimum Gasteiger partial charge on any atom is -0.470 e. The number of nitrogens with zero attached hydrogens (tertiary/aromatic N) is 2. The molecule has 0 spiro atoms. The van der Waals surface area contributed by atoms with Gasteiger partial charge in [0.1, 0.15) is 12.9 Å². The summed E-state index contributed by atoms with van der Waals surface area (Å²) in [5, 5.41) is 0. The van der Waals surface area contributed by atoms with Crippen molar-refractivity contribution >= 4 is 28.6 Å². The first-order chi connectivity index (χ1) is 7.79. The van der Waals surface area contributed by atoms with Crippen LogP contribution in [-0.2, 0) is 6.54 Å². The van der Waals surface area contributed by atoms with E-state index < -0.39 is 6.67 Å². The lowest BCUT2D eigenvalue weighted by molar-refractivity contribution is 0.488. The zero-order valence-corrected chi connectivity index (χ0v) is 9.97. The highest BCUT2D eigenvalue weighted by Crippen LogP contribution is 2.22. The maximum atomic E-state index is 12.4. The lowest BCUT2D eigenvalue weighted by Crippen LogP contribution is -2.24. The van der Waals surface area contributed by atoms with Gasteiger partial charge in [0.05, 0.1) is 18.5 Å². The van der Waals surface area contributed by atoms with Gasteiger partial charge in [-0.2, -0.15) is 0 Å². The molecule has 0 unspecified atom stereocenters. The maximum Gasteiger partial charge on any atom is 0.183 e. The summed E-state index contributed by atoms with van der Waals surface area (Å²) in [6, 6.07) is 1.80. The molecule has 0 N–H and O–H groups in total. The summed E-state index contributed by atoms with van der Waals surface area (Å²) in [4.78, 5) is 6.83. The van der Waals surface area contributed by atoms with Crippen LogP contribution in [0.5, 0.6) is 0 Å². The molecule has 0 bridgehead atoms. The minimum absolute atomic E-state index is 0.328. The van der Waals surface area contributed by atoms with Crippen LogP contribution >= 0.6 is 22.9 Å². The SMILES string of the molecule is FCCN(Cc1cnc(Cl)s1)c1ccoc1. The van der Waals surface area contributed by atoms with E-state index in [2.05, 4.69) is 4.98 Å². The van der Waals surface area contributed by atoms with E-state index in [1.54, 1.807) is 24.8 Å². The fraction of sp³-hybridized carbons (Fsp3) is 0.300. The molecule has 2 aromatic heterocycles. The second-order valence-electron chi connectivity index (χ2n) is 3.17. The third-order valence-electron chi connectivity index (χ3n) is 2.10. The van der Waals surface area contributed by atoms with Gasteiger partial charge in [0, 0.05) is 17.6 Å². The van der Waals surface area contributed by atoms with E-state index in [9.17, 15) is 4.39 Å². The number of halogens is 2. The molecule has 2 aromatic rings.